The van der Waals surface area contributed by atoms with Crippen molar-refractivity contribution in [2.75, 3.05) is 7.11 Å². The molecule has 0 spiro atoms. The number of methoxy groups -OCH3 is 1. The number of carbonyl (C=O) groups excluding carboxylic acids is 1. The van der Waals surface area contributed by atoms with Gasteiger partial charge in [0.2, 0.25) is 0 Å². The Morgan fingerprint density at radius 3 is 2.63 bits per heavy atom. The second-order valence-electron chi connectivity index (χ2n) is 6.85. The fraction of sp³-hybridized carbons (Fsp3) is 0.0400. The van der Waals surface area contributed by atoms with E-state index >= 15 is 0 Å². The standard InChI is InChI=1S/C25H18N2O2S/c1-29-19-10-8-18(9-11-19)24-21(12-13-22(28)23-7-4-16-30-23)27-15-14-17-5-2-3-6-20(17)25(27)26-24/h2-16H,1H3/b13-12+. The van der Waals surface area contributed by atoms with Gasteiger partial charge < -0.3 is 4.74 Å². The van der Waals surface area contributed by atoms with Crippen LogP contribution in [0.25, 0.3) is 33.8 Å². The molecule has 0 aliphatic rings. The number of benzene rings is 2. The number of imidazole rings is 1. The SMILES string of the molecule is COc1ccc(-c2nc3c4ccccc4ccn3c2/C=C/C(=O)c2cccs2)cc1. The van der Waals surface area contributed by atoms with E-state index in [9.17, 15) is 4.79 Å². The molecule has 0 amide bonds. The van der Waals surface area contributed by atoms with Crippen molar-refractivity contribution >= 4 is 39.6 Å². The highest BCUT2D eigenvalue weighted by atomic mass is 32.1. The normalized spacial score (nSPS) is 11.5. The van der Waals surface area contributed by atoms with Crippen molar-refractivity contribution < 1.29 is 9.53 Å². The molecule has 0 bridgehead atoms. The Morgan fingerprint density at radius 2 is 1.87 bits per heavy atom. The van der Waals surface area contributed by atoms with Crippen LogP contribution in [0.15, 0.2) is 84.4 Å². The quantitative estimate of drug-likeness (QED) is 0.259. The molecule has 30 heavy (non-hydrogen) atoms. The smallest absolute Gasteiger partial charge is 0.195 e. The fourth-order valence-corrected chi connectivity index (χ4v) is 4.21. The first kappa shape index (κ1) is 18.3. The Labute approximate surface area is 177 Å². The molecule has 0 radical (unpaired) electrons. The number of allylic oxidation sites excluding steroid dienone is 1. The first-order valence-corrected chi connectivity index (χ1v) is 10.4. The van der Waals surface area contributed by atoms with Gasteiger partial charge in [0.25, 0.3) is 0 Å². The molecule has 2 aromatic carbocycles. The van der Waals surface area contributed by atoms with Crippen molar-refractivity contribution in [2.24, 2.45) is 0 Å². The Hall–Kier alpha value is -3.70. The number of hydrogen-bond acceptors (Lipinski definition) is 4. The number of carbonyl (C=O) groups is 1. The van der Waals surface area contributed by atoms with Crippen molar-refractivity contribution in [1.82, 2.24) is 9.38 Å². The molecule has 0 atom stereocenters. The number of pyridine rings is 1. The van der Waals surface area contributed by atoms with Crippen molar-refractivity contribution in [3.63, 3.8) is 0 Å². The Bertz CT molecular complexity index is 1380. The zero-order chi connectivity index (χ0) is 20.5. The number of fused-ring (bicyclic) bond motifs is 3. The molecule has 4 nitrogen and oxygen atoms in total. The number of ether oxygens (including phenoxy) is 1. The Morgan fingerprint density at radius 1 is 1.03 bits per heavy atom. The van der Waals surface area contributed by atoms with Crippen LogP contribution in [0.5, 0.6) is 5.75 Å². The number of nitrogens with zero attached hydrogens (tertiary/aromatic N) is 2. The van der Waals surface area contributed by atoms with Gasteiger partial charge in [0.1, 0.15) is 11.4 Å². The molecule has 146 valence electrons. The number of rotatable bonds is 5. The van der Waals surface area contributed by atoms with E-state index in [4.69, 9.17) is 9.72 Å². The summed E-state index contributed by atoms with van der Waals surface area (Å²) >= 11 is 1.44. The predicted molar refractivity (Wildman–Crippen MR) is 122 cm³/mol. The van der Waals surface area contributed by atoms with Gasteiger partial charge >= 0.3 is 0 Å². The summed E-state index contributed by atoms with van der Waals surface area (Å²) < 4.78 is 7.33. The van der Waals surface area contributed by atoms with E-state index in [2.05, 4.69) is 18.2 Å². The van der Waals surface area contributed by atoms with Crippen molar-refractivity contribution in [3.8, 4) is 17.0 Å². The summed E-state index contributed by atoms with van der Waals surface area (Å²) in [6, 6.07) is 21.8. The van der Waals surface area contributed by atoms with E-state index < -0.39 is 0 Å². The summed E-state index contributed by atoms with van der Waals surface area (Å²) in [6.07, 6.45) is 5.49. The molecule has 5 aromatic rings. The van der Waals surface area contributed by atoms with Crippen LogP contribution >= 0.6 is 11.3 Å². The van der Waals surface area contributed by atoms with Crippen LogP contribution in [0.3, 0.4) is 0 Å². The lowest BCUT2D eigenvalue weighted by Gasteiger charge is -2.03. The molecular weight excluding hydrogens is 392 g/mol. The van der Waals surface area contributed by atoms with Crippen molar-refractivity contribution in [2.45, 2.75) is 0 Å². The maximum absolute atomic E-state index is 12.6. The molecular formula is C25H18N2O2S. The van der Waals surface area contributed by atoms with Gasteiger partial charge in [0, 0.05) is 17.1 Å². The van der Waals surface area contributed by atoms with Crippen LogP contribution in [0.4, 0.5) is 0 Å². The zero-order valence-corrected chi connectivity index (χ0v) is 17.1. The maximum Gasteiger partial charge on any atom is 0.195 e. The third-order valence-electron chi connectivity index (χ3n) is 5.07. The van der Waals surface area contributed by atoms with Gasteiger partial charge in [-0.05, 0) is 59.3 Å². The second-order valence-corrected chi connectivity index (χ2v) is 7.79. The number of thiophene rings is 1. The van der Waals surface area contributed by atoms with Crippen LogP contribution in [0.2, 0.25) is 0 Å². The Kier molecular flexibility index (Phi) is 4.65. The lowest BCUT2D eigenvalue weighted by Crippen LogP contribution is -1.92. The zero-order valence-electron chi connectivity index (χ0n) is 16.3. The molecule has 3 aromatic heterocycles. The molecule has 0 fully saturated rings. The monoisotopic (exact) mass is 410 g/mol. The fourth-order valence-electron chi connectivity index (χ4n) is 3.56. The van der Waals surface area contributed by atoms with Crippen molar-refractivity contribution in [3.05, 3.63) is 95.0 Å². The first-order valence-electron chi connectivity index (χ1n) is 9.55. The van der Waals surface area contributed by atoms with E-state index in [1.54, 1.807) is 13.2 Å². The highest BCUT2D eigenvalue weighted by Crippen LogP contribution is 2.30. The lowest BCUT2D eigenvalue weighted by atomic mass is 10.1. The third-order valence-corrected chi connectivity index (χ3v) is 5.96. The molecule has 0 saturated heterocycles. The van der Waals surface area contributed by atoms with E-state index in [-0.39, 0.29) is 5.78 Å². The maximum atomic E-state index is 12.6. The minimum Gasteiger partial charge on any atom is -0.497 e. The number of ketones is 1. The molecule has 5 rings (SSSR count). The number of aromatic nitrogens is 2. The minimum absolute atomic E-state index is 0.0126. The molecule has 5 heteroatoms. The van der Waals surface area contributed by atoms with Crippen molar-refractivity contribution in [1.29, 1.82) is 0 Å². The molecule has 0 unspecified atom stereocenters. The van der Waals surface area contributed by atoms with Crippen LogP contribution in [0.1, 0.15) is 15.4 Å². The largest absolute Gasteiger partial charge is 0.497 e. The first-order chi connectivity index (χ1) is 14.7. The average molecular weight is 410 g/mol. The second kappa shape index (κ2) is 7.61. The van der Waals surface area contributed by atoms with E-state index in [0.717, 1.165) is 44.0 Å². The van der Waals surface area contributed by atoms with E-state index in [0.29, 0.717) is 0 Å². The average Bonchev–Trinajstić information content (AvgIpc) is 3.46. The summed E-state index contributed by atoms with van der Waals surface area (Å²) in [6.45, 7) is 0. The summed E-state index contributed by atoms with van der Waals surface area (Å²) in [5, 5.41) is 4.10. The summed E-state index contributed by atoms with van der Waals surface area (Å²) in [7, 11) is 1.65. The summed E-state index contributed by atoms with van der Waals surface area (Å²) in [4.78, 5) is 18.2. The molecule has 0 N–H and O–H groups in total. The van der Waals surface area contributed by atoms with Gasteiger partial charge in [0.15, 0.2) is 5.78 Å². The van der Waals surface area contributed by atoms with Gasteiger partial charge in [0.05, 0.1) is 23.4 Å². The minimum atomic E-state index is -0.0126. The topological polar surface area (TPSA) is 43.6 Å². The summed E-state index contributed by atoms with van der Waals surface area (Å²) in [5.74, 6) is 0.777. The van der Waals surface area contributed by atoms with E-state index in [1.807, 2.05) is 70.6 Å². The molecule has 3 heterocycles. The van der Waals surface area contributed by atoms with Crippen LogP contribution < -0.4 is 4.74 Å². The molecule has 0 aliphatic carbocycles. The summed E-state index contributed by atoms with van der Waals surface area (Å²) in [5.41, 5.74) is 3.52. The van der Waals surface area contributed by atoms with Gasteiger partial charge in [-0.1, -0.05) is 30.3 Å². The van der Waals surface area contributed by atoms with Gasteiger partial charge in [-0.2, -0.15) is 0 Å². The highest BCUT2D eigenvalue weighted by molar-refractivity contribution is 7.12. The third kappa shape index (κ3) is 3.19. The lowest BCUT2D eigenvalue weighted by molar-refractivity contribution is 0.105. The van der Waals surface area contributed by atoms with Crippen LogP contribution in [0, 0.1) is 0 Å². The van der Waals surface area contributed by atoms with Gasteiger partial charge in [-0.15, -0.1) is 11.3 Å². The van der Waals surface area contributed by atoms with Crippen LogP contribution in [-0.4, -0.2) is 22.3 Å². The highest BCUT2D eigenvalue weighted by Gasteiger charge is 2.15. The molecule has 0 aliphatic heterocycles. The Balaban J connectivity index is 1.71. The van der Waals surface area contributed by atoms with Gasteiger partial charge in [-0.25, -0.2) is 4.98 Å². The van der Waals surface area contributed by atoms with Crippen LogP contribution in [-0.2, 0) is 0 Å². The molecule has 0 saturated carbocycles. The predicted octanol–water partition coefficient (Wildman–Crippen LogP) is 6.12. The van der Waals surface area contributed by atoms with Gasteiger partial charge in [-0.3, -0.25) is 9.20 Å². The van der Waals surface area contributed by atoms with E-state index in [1.165, 1.54) is 11.3 Å². The number of hydrogen-bond donors (Lipinski definition) is 0.